The van der Waals surface area contributed by atoms with Crippen LogP contribution in [0, 0.1) is 6.92 Å². The zero-order chi connectivity index (χ0) is 17.0. The lowest BCUT2D eigenvalue weighted by atomic mass is 10.2. The van der Waals surface area contributed by atoms with Gasteiger partial charge in [-0.25, -0.2) is 4.79 Å². The summed E-state index contributed by atoms with van der Waals surface area (Å²) in [6, 6.07) is 3.35. The molecule has 1 aromatic heterocycles. The van der Waals surface area contributed by atoms with E-state index in [-0.39, 0.29) is 5.91 Å². The Morgan fingerprint density at radius 2 is 2.17 bits per heavy atom. The van der Waals surface area contributed by atoms with Crippen LogP contribution >= 0.6 is 0 Å². The van der Waals surface area contributed by atoms with E-state index in [1.54, 1.807) is 6.20 Å². The van der Waals surface area contributed by atoms with Crippen molar-refractivity contribution in [1.82, 2.24) is 15.2 Å². The molecule has 1 saturated heterocycles. The maximum Gasteiger partial charge on any atom is 0.410 e. The highest BCUT2D eigenvalue weighted by atomic mass is 16.6. The molecule has 0 spiro atoms. The number of carbonyl (C=O) groups is 2. The van der Waals surface area contributed by atoms with Crippen LogP contribution in [0.4, 0.5) is 4.79 Å². The second-order valence-electron chi connectivity index (χ2n) is 6.82. The Hall–Kier alpha value is -2.11. The van der Waals surface area contributed by atoms with E-state index < -0.39 is 17.7 Å². The smallest absolute Gasteiger partial charge is 0.410 e. The van der Waals surface area contributed by atoms with Crippen LogP contribution in [-0.2, 0) is 16.1 Å². The van der Waals surface area contributed by atoms with Gasteiger partial charge in [-0.15, -0.1) is 0 Å². The fourth-order valence-electron chi connectivity index (χ4n) is 2.57. The number of amides is 2. The van der Waals surface area contributed by atoms with Gasteiger partial charge in [-0.2, -0.15) is 0 Å². The molecule has 2 rings (SSSR count). The highest BCUT2D eigenvalue weighted by Gasteiger charge is 2.36. The number of aryl methyl sites for hydroxylation is 1. The highest BCUT2D eigenvalue weighted by Crippen LogP contribution is 2.21. The first-order chi connectivity index (χ1) is 10.8. The van der Waals surface area contributed by atoms with Crippen LogP contribution in [-0.4, -0.2) is 40.1 Å². The number of hydrogen-bond donors (Lipinski definition) is 1. The summed E-state index contributed by atoms with van der Waals surface area (Å²) in [6.07, 6.45) is 2.74. The second kappa shape index (κ2) is 6.98. The van der Waals surface area contributed by atoms with E-state index in [1.807, 2.05) is 39.8 Å². The molecule has 1 fully saturated rings. The van der Waals surface area contributed by atoms with Gasteiger partial charge in [-0.1, -0.05) is 6.07 Å². The fourth-order valence-corrected chi connectivity index (χ4v) is 2.57. The molecule has 1 N–H and O–H groups in total. The SMILES string of the molecule is Cc1cccnc1CNC(=O)C1CCCN1C(=O)OC(C)(C)C. The van der Waals surface area contributed by atoms with Gasteiger partial charge in [0.2, 0.25) is 5.91 Å². The van der Waals surface area contributed by atoms with Crippen molar-refractivity contribution in [3.05, 3.63) is 29.6 Å². The third-order valence-electron chi connectivity index (χ3n) is 3.73. The second-order valence-corrected chi connectivity index (χ2v) is 6.82. The minimum absolute atomic E-state index is 0.154. The largest absolute Gasteiger partial charge is 0.444 e. The Balaban J connectivity index is 1.95. The first kappa shape index (κ1) is 17.2. The van der Waals surface area contributed by atoms with Crippen molar-refractivity contribution in [2.45, 2.75) is 58.7 Å². The van der Waals surface area contributed by atoms with Crippen LogP contribution in [0.25, 0.3) is 0 Å². The Morgan fingerprint density at radius 3 is 2.83 bits per heavy atom. The highest BCUT2D eigenvalue weighted by molar-refractivity contribution is 5.86. The van der Waals surface area contributed by atoms with Gasteiger partial charge in [0, 0.05) is 12.7 Å². The number of pyridine rings is 1. The summed E-state index contributed by atoms with van der Waals surface area (Å²) in [5.74, 6) is -0.154. The lowest BCUT2D eigenvalue weighted by Gasteiger charge is -2.28. The fraction of sp³-hybridized carbons (Fsp3) is 0.588. The molecular weight excluding hydrogens is 294 g/mol. The van der Waals surface area contributed by atoms with Crippen LogP contribution < -0.4 is 5.32 Å². The molecule has 2 heterocycles. The monoisotopic (exact) mass is 319 g/mol. The van der Waals surface area contributed by atoms with Crippen molar-refractivity contribution in [3.8, 4) is 0 Å². The van der Waals surface area contributed by atoms with E-state index in [1.165, 1.54) is 4.90 Å². The van der Waals surface area contributed by atoms with Crippen LogP contribution in [0.3, 0.4) is 0 Å². The number of rotatable bonds is 3. The first-order valence-corrected chi connectivity index (χ1v) is 7.96. The third-order valence-corrected chi connectivity index (χ3v) is 3.73. The molecule has 0 radical (unpaired) electrons. The summed E-state index contributed by atoms with van der Waals surface area (Å²) >= 11 is 0. The Labute approximate surface area is 137 Å². The molecular formula is C17H25N3O3. The topological polar surface area (TPSA) is 71.5 Å². The molecule has 1 unspecified atom stereocenters. The molecule has 1 aromatic rings. The lowest BCUT2D eigenvalue weighted by molar-refractivity contribution is -0.125. The van der Waals surface area contributed by atoms with Gasteiger partial charge in [0.05, 0.1) is 12.2 Å². The molecule has 23 heavy (non-hydrogen) atoms. The Bertz CT molecular complexity index is 581. The zero-order valence-electron chi connectivity index (χ0n) is 14.3. The summed E-state index contributed by atoms with van der Waals surface area (Å²) in [6.45, 7) is 8.33. The summed E-state index contributed by atoms with van der Waals surface area (Å²) in [5.41, 5.74) is 1.30. The number of carbonyl (C=O) groups excluding carboxylic acids is 2. The summed E-state index contributed by atoms with van der Waals surface area (Å²) < 4.78 is 5.38. The quantitative estimate of drug-likeness (QED) is 0.928. The van der Waals surface area contributed by atoms with Crippen LogP contribution in [0.15, 0.2) is 18.3 Å². The van der Waals surface area contributed by atoms with E-state index in [0.29, 0.717) is 19.5 Å². The molecule has 0 saturated carbocycles. The maximum absolute atomic E-state index is 12.4. The number of likely N-dealkylation sites (tertiary alicyclic amines) is 1. The lowest BCUT2D eigenvalue weighted by Crippen LogP contribution is -2.47. The van der Waals surface area contributed by atoms with Crippen molar-refractivity contribution < 1.29 is 14.3 Å². The van der Waals surface area contributed by atoms with Gasteiger partial charge in [0.15, 0.2) is 0 Å². The molecule has 1 aliphatic heterocycles. The van der Waals surface area contributed by atoms with E-state index >= 15 is 0 Å². The van der Waals surface area contributed by atoms with Crippen molar-refractivity contribution in [1.29, 1.82) is 0 Å². The molecule has 0 aromatic carbocycles. The van der Waals surface area contributed by atoms with E-state index in [0.717, 1.165) is 17.7 Å². The van der Waals surface area contributed by atoms with Gasteiger partial charge in [-0.3, -0.25) is 14.7 Å². The van der Waals surface area contributed by atoms with Crippen LogP contribution in [0.2, 0.25) is 0 Å². The summed E-state index contributed by atoms with van der Waals surface area (Å²) in [4.78, 5) is 30.4. The molecule has 6 heteroatoms. The van der Waals surface area contributed by atoms with Crippen molar-refractivity contribution in [2.24, 2.45) is 0 Å². The van der Waals surface area contributed by atoms with Gasteiger partial charge in [-0.05, 0) is 52.2 Å². The molecule has 0 aliphatic carbocycles. The summed E-state index contributed by atoms with van der Waals surface area (Å²) in [5, 5.41) is 2.88. The predicted molar refractivity (Wildman–Crippen MR) is 86.8 cm³/mol. The Kier molecular flexibility index (Phi) is 5.23. The molecule has 1 atom stereocenters. The number of aromatic nitrogens is 1. The summed E-state index contributed by atoms with van der Waals surface area (Å²) in [7, 11) is 0. The molecule has 6 nitrogen and oxygen atoms in total. The number of ether oxygens (including phenoxy) is 1. The van der Waals surface area contributed by atoms with Crippen LogP contribution in [0.5, 0.6) is 0 Å². The van der Waals surface area contributed by atoms with E-state index in [9.17, 15) is 9.59 Å². The van der Waals surface area contributed by atoms with Gasteiger partial charge >= 0.3 is 6.09 Å². The number of hydrogen-bond acceptors (Lipinski definition) is 4. The molecule has 126 valence electrons. The first-order valence-electron chi connectivity index (χ1n) is 7.96. The third kappa shape index (κ3) is 4.68. The van der Waals surface area contributed by atoms with E-state index in [2.05, 4.69) is 10.3 Å². The van der Waals surface area contributed by atoms with Gasteiger partial charge < -0.3 is 10.1 Å². The van der Waals surface area contributed by atoms with Crippen molar-refractivity contribution in [2.75, 3.05) is 6.54 Å². The molecule has 0 bridgehead atoms. The average Bonchev–Trinajstić information content (AvgIpc) is 2.94. The normalized spacial score (nSPS) is 17.9. The van der Waals surface area contributed by atoms with E-state index in [4.69, 9.17) is 4.74 Å². The molecule has 1 aliphatic rings. The van der Waals surface area contributed by atoms with Gasteiger partial charge in [0.1, 0.15) is 11.6 Å². The Morgan fingerprint density at radius 1 is 1.43 bits per heavy atom. The minimum atomic E-state index is -0.564. The number of nitrogens with zero attached hydrogens (tertiary/aromatic N) is 2. The predicted octanol–water partition coefficient (Wildman–Crippen LogP) is 2.41. The van der Waals surface area contributed by atoms with Crippen LogP contribution in [0.1, 0.15) is 44.9 Å². The average molecular weight is 319 g/mol. The van der Waals surface area contributed by atoms with Gasteiger partial charge in [0.25, 0.3) is 0 Å². The maximum atomic E-state index is 12.4. The minimum Gasteiger partial charge on any atom is -0.444 e. The van der Waals surface area contributed by atoms with Crippen molar-refractivity contribution in [3.63, 3.8) is 0 Å². The zero-order valence-corrected chi connectivity index (χ0v) is 14.3. The number of nitrogens with one attached hydrogen (secondary N) is 1. The molecule has 2 amide bonds. The van der Waals surface area contributed by atoms with Crippen molar-refractivity contribution >= 4 is 12.0 Å². The standard InChI is InChI=1S/C17H25N3O3/c1-12-7-5-9-18-13(12)11-19-15(21)14-8-6-10-20(14)16(22)23-17(2,3)4/h5,7,9,14H,6,8,10-11H2,1-4H3,(H,19,21).